The predicted octanol–water partition coefficient (Wildman–Crippen LogP) is 6.11. The van der Waals surface area contributed by atoms with E-state index >= 15 is 0 Å². The monoisotopic (exact) mass is 586 g/mol. The number of nitrogens with zero attached hydrogens (tertiary/aromatic N) is 4. The molecule has 1 aromatic carbocycles. The van der Waals surface area contributed by atoms with E-state index in [1.54, 1.807) is 23.2 Å². The summed E-state index contributed by atoms with van der Waals surface area (Å²) in [5.74, 6) is 0.401. The second-order valence-corrected chi connectivity index (χ2v) is 12.4. The number of likely N-dealkylation sites (tertiary alicyclic amines) is 2. The standard InChI is InChI=1S/C30H36Cl2N4O4/c1-19(39-27-8-5-20(9-12-33)16-34-27)23-17-36(18-24(23)22-6-7-25(31)26(32)15-22)28(37)21-10-13-35(14-11-21)29(38)40-30(2,3)4/h5-8,15-16,19,21,23-24H,9-11,13-14,17-18H2,1-4H3/t19-,23-,24-/m1/s1. The summed E-state index contributed by atoms with van der Waals surface area (Å²) in [4.78, 5) is 34.1. The summed E-state index contributed by atoms with van der Waals surface area (Å²) in [7, 11) is 0. The second kappa shape index (κ2) is 12.7. The lowest BCUT2D eigenvalue weighted by atomic mass is 9.86. The first-order chi connectivity index (χ1) is 18.9. The van der Waals surface area contributed by atoms with Crippen LogP contribution in [0.3, 0.4) is 0 Å². The molecule has 214 valence electrons. The zero-order valence-electron chi connectivity index (χ0n) is 23.4. The van der Waals surface area contributed by atoms with Gasteiger partial charge in [-0.2, -0.15) is 5.26 Å². The molecule has 4 rings (SSSR count). The number of pyridine rings is 1. The lowest BCUT2D eigenvalue weighted by Crippen LogP contribution is -2.45. The molecule has 3 atom stereocenters. The summed E-state index contributed by atoms with van der Waals surface area (Å²) < 4.78 is 11.7. The molecule has 1 aromatic heterocycles. The summed E-state index contributed by atoms with van der Waals surface area (Å²) in [6, 6.07) is 11.3. The number of carbonyl (C=O) groups is 2. The average Bonchev–Trinajstić information content (AvgIpc) is 3.36. The quantitative estimate of drug-likeness (QED) is 0.405. The van der Waals surface area contributed by atoms with Crippen LogP contribution in [0.25, 0.3) is 0 Å². The van der Waals surface area contributed by atoms with Crippen LogP contribution in [0.2, 0.25) is 10.0 Å². The number of ether oxygens (including phenoxy) is 2. The highest BCUT2D eigenvalue weighted by Gasteiger charge is 2.42. The van der Waals surface area contributed by atoms with Crippen molar-refractivity contribution in [1.29, 1.82) is 5.26 Å². The van der Waals surface area contributed by atoms with E-state index in [2.05, 4.69) is 11.1 Å². The van der Waals surface area contributed by atoms with Gasteiger partial charge in [-0.1, -0.05) is 35.3 Å². The average molecular weight is 588 g/mol. The van der Waals surface area contributed by atoms with Gasteiger partial charge in [-0.3, -0.25) is 4.79 Å². The molecule has 3 heterocycles. The Hall–Kier alpha value is -3.02. The fourth-order valence-corrected chi connectivity index (χ4v) is 5.73. The van der Waals surface area contributed by atoms with Crippen molar-refractivity contribution in [3.05, 3.63) is 57.7 Å². The number of nitriles is 1. The van der Waals surface area contributed by atoms with Crippen LogP contribution < -0.4 is 4.74 Å². The van der Waals surface area contributed by atoms with Crippen LogP contribution in [-0.4, -0.2) is 64.7 Å². The lowest BCUT2D eigenvalue weighted by molar-refractivity contribution is -0.136. The summed E-state index contributed by atoms with van der Waals surface area (Å²) >= 11 is 12.6. The van der Waals surface area contributed by atoms with Crippen LogP contribution in [0.15, 0.2) is 36.5 Å². The maximum Gasteiger partial charge on any atom is 0.410 e. The Labute approximate surface area is 246 Å². The maximum atomic E-state index is 13.7. The van der Waals surface area contributed by atoms with E-state index in [1.165, 1.54) is 0 Å². The molecule has 2 aromatic rings. The zero-order chi connectivity index (χ0) is 29.0. The Morgan fingerprint density at radius 2 is 1.82 bits per heavy atom. The smallest absolute Gasteiger partial charge is 0.410 e. The molecule has 0 spiro atoms. The molecular weight excluding hydrogens is 551 g/mol. The molecule has 0 N–H and O–H groups in total. The molecule has 0 unspecified atom stereocenters. The minimum absolute atomic E-state index is 0.00608. The highest BCUT2D eigenvalue weighted by Crippen LogP contribution is 2.39. The zero-order valence-corrected chi connectivity index (χ0v) is 24.9. The van der Waals surface area contributed by atoms with Gasteiger partial charge in [-0.25, -0.2) is 9.78 Å². The molecule has 0 bridgehead atoms. The number of halogens is 2. The Morgan fingerprint density at radius 1 is 1.10 bits per heavy atom. The normalized spacial score (nSPS) is 20.6. The van der Waals surface area contributed by atoms with Crippen molar-refractivity contribution in [3.8, 4) is 11.9 Å². The number of hydrogen-bond donors (Lipinski definition) is 0. The van der Waals surface area contributed by atoms with E-state index in [0.29, 0.717) is 61.4 Å². The van der Waals surface area contributed by atoms with Crippen LogP contribution >= 0.6 is 23.2 Å². The van der Waals surface area contributed by atoms with Crippen molar-refractivity contribution in [1.82, 2.24) is 14.8 Å². The number of benzene rings is 1. The van der Waals surface area contributed by atoms with Gasteiger partial charge in [0, 0.05) is 56.2 Å². The van der Waals surface area contributed by atoms with Crippen molar-refractivity contribution in [2.45, 2.75) is 64.6 Å². The van der Waals surface area contributed by atoms with Gasteiger partial charge in [-0.05, 0) is 63.8 Å². The SMILES string of the molecule is C[C@@H](Oc1ccc(CC#N)cn1)[C@H]1CN(C(=O)C2CCN(C(=O)OC(C)(C)C)CC2)C[C@@H]1c1ccc(Cl)c(Cl)c1. The van der Waals surface area contributed by atoms with Gasteiger partial charge in [0.2, 0.25) is 11.8 Å². The summed E-state index contributed by atoms with van der Waals surface area (Å²) in [6.07, 6.45) is 2.55. The molecule has 8 nitrogen and oxygen atoms in total. The molecule has 2 amide bonds. The van der Waals surface area contributed by atoms with Gasteiger partial charge >= 0.3 is 6.09 Å². The maximum absolute atomic E-state index is 13.7. The first kappa shape index (κ1) is 30.0. The number of amides is 2. The van der Waals surface area contributed by atoms with E-state index in [9.17, 15) is 9.59 Å². The lowest BCUT2D eigenvalue weighted by Gasteiger charge is -2.34. The summed E-state index contributed by atoms with van der Waals surface area (Å²) in [5.41, 5.74) is 1.27. The number of carbonyl (C=O) groups excluding carboxylic acids is 2. The fourth-order valence-electron chi connectivity index (χ4n) is 5.43. The van der Waals surface area contributed by atoms with Crippen LogP contribution in [0.1, 0.15) is 57.6 Å². The van der Waals surface area contributed by atoms with Crippen LogP contribution in [0.4, 0.5) is 4.79 Å². The minimum atomic E-state index is -0.555. The van der Waals surface area contributed by atoms with E-state index < -0.39 is 5.60 Å². The molecule has 10 heteroatoms. The van der Waals surface area contributed by atoms with E-state index in [4.69, 9.17) is 37.9 Å². The predicted molar refractivity (Wildman–Crippen MR) is 153 cm³/mol. The first-order valence-corrected chi connectivity index (χ1v) is 14.4. The minimum Gasteiger partial charge on any atom is -0.474 e. The largest absolute Gasteiger partial charge is 0.474 e. The van der Waals surface area contributed by atoms with Crippen molar-refractivity contribution in [2.24, 2.45) is 11.8 Å². The van der Waals surface area contributed by atoms with Crippen molar-refractivity contribution in [2.75, 3.05) is 26.2 Å². The van der Waals surface area contributed by atoms with Gasteiger partial charge in [-0.15, -0.1) is 0 Å². The first-order valence-electron chi connectivity index (χ1n) is 13.7. The highest BCUT2D eigenvalue weighted by atomic mass is 35.5. The molecule has 2 aliphatic heterocycles. The Kier molecular flexibility index (Phi) is 9.48. The molecule has 2 aliphatic rings. The Bertz CT molecular complexity index is 1250. The Balaban J connectivity index is 1.46. The molecule has 0 saturated carbocycles. The topological polar surface area (TPSA) is 95.8 Å². The Morgan fingerprint density at radius 3 is 2.42 bits per heavy atom. The molecular formula is C30H36Cl2N4O4. The van der Waals surface area contributed by atoms with Crippen LogP contribution in [0, 0.1) is 23.2 Å². The third kappa shape index (κ3) is 7.38. The van der Waals surface area contributed by atoms with Gasteiger partial charge in [0.25, 0.3) is 0 Å². The van der Waals surface area contributed by atoms with Crippen molar-refractivity contribution < 1.29 is 19.1 Å². The molecule has 0 radical (unpaired) electrons. The molecule has 0 aliphatic carbocycles. The van der Waals surface area contributed by atoms with Gasteiger partial charge in [0.15, 0.2) is 0 Å². The third-order valence-electron chi connectivity index (χ3n) is 7.53. The van der Waals surface area contributed by atoms with Crippen molar-refractivity contribution in [3.63, 3.8) is 0 Å². The van der Waals surface area contributed by atoms with Crippen LogP contribution in [0.5, 0.6) is 5.88 Å². The third-order valence-corrected chi connectivity index (χ3v) is 8.27. The molecule has 2 saturated heterocycles. The van der Waals surface area contributed by atoms with Gasteiger partial charge in [0.05, 0.1) is 22.5 Å². The number of piperidine rings is 1. The number of rotatable bonds is 6. The fraction of sp³-hybridized carbons (Fsp3) is 0.533. The number of hydrogen-bond acceptors (Lipinski definition) is 6. The summed E-state index contributed by atoms with van der Waals surface area (Å²) in [6.45, 7) is 9.59. The van der Waals surface area contributed by atoms with Gasteiger partial charge < -0.3 is 19.3 Å². The van der Waals surface area contributed by atoms with E-state index in [0.717, 1.165) is 11.1 Å². The van der Waals surface area contributed by atoms with Crippen LogP contribution in [-0.2, 0) is 16.0 Å². The van der Waals surface area contributed by atoms with Crippen molar-refractivity contribution >= 4 is 35.2 Å². The highest BCUT2D eigenvalue weighted by molar-refractivity contribution is 6.42. The van der Waals surface area contributed by atoms with E-state index in [-0.39, 0.29) is 35.9 Å². The van der Waals surface area contributed by atoms with E-state index in [1.807, 2.05) is 50.8 Å². The summed E-state index contributed by atoms with van der Waals surface area (Å²) in [5, 5.41) is 9.87. The second-order valence-electron chi connectivity index (χ2n) is 11.6. The van der Waals surface area contributed by atoms with Gasteiger partial charge in [0.1, 0.15) is 11.7 Å². The number of aromatic nitrogens is 1. The molecule has 2 fully saturated rings. The molecule has 40 heavy (non-hydrogen) atoms.